The predicted molar refractivity (Wildman–Crippen MR) is 70.7 cm³/mol. The van der Waals surface area contributed by atoms with Crippen LogP contribution in [-0.4, -0.2) is 18.9 Å². The van der Waals surface area contributed by atoms with Crippen LogP contribution in [0.4, 0.5) is 0 Å². The van der Waals surface area contributed by atoms with Crippen LogP contribution in [0.1, 0.15) is 47.2 Å². The first-order chi connectivity index (χ1) is 8.54. The van der Waals surface area contributed by atoms with E-state index in [0.717, 1.165) is 23.1 Å². The van der Waals surface area contributed by atoms with E-state index in [1.54, 1.807) is 0 Å². The van der Waals surface area contributed by atoms with Gasteiger partial charge in [-0.15, -0.1) is 0 Å². The highest BCUT2D eigenvalue weighted by molar-refractivity contribution is 5.97. The van der Waals surface area contributed by atoms with Crippen molar-refractivity contribution in [3.63, 3.8) is 0 Å². The average Bonchev–Trinajstić information content (AvgIpc) is 2.36. The zero-order chi connectivity index (χ0) is 13.5. The van der Waals surface area contributed by atoms with Gasteiger partial charge in [0.25, 0.3) is 0 Å². The summed E-state index contributed by atoms with van der Waals surface area (Å²) in [6.45, 7) is 3.93. The first-order valence-electron chi connectivity index (χ1n) is 6.22. The minimum absolute atomic E-state index is 0.154. The van der Waals surface area contributed by atoms with Crippen LogP contribution in [0.15, 0.2) is 18.2 Å². The number of Topliss-reactive ketones (excluding diaryl/α,β-unsaturated/α-hetero) is 1. The maximum absolute atomic E-state index is 12.0. The summed E-state index contributed by atoms with van der Waals surface area (Å²) >= 11 is 0. The van der Waals surface area contributed by atoms with Gasteiger partial charge in [0.2, 0.25) is 0 Å². The lowest BCUT2D eigenvalue weighted by Gasteiger charge is -2.06. The number of carbonyl (C=O) groups excluding carboxylic acids is 2. The number of rotatable bonds is 6. The number of esters is 1. The fourth-order valence-electron chi connectivity index (χ4n) is 1.83. The summed E-state index contributed by atoms with van der Waals surface area (Å²) in [6, 6.07) is 5.90. The molecular formula is C15H20O3. The van der Waals surface area contributed by atoms with Crippen molar-refractivity contribution in [3.05, 3.63) is 34.9 Å². The SMILES string of the molecule is COC(=O)CCCCC(=O)c1cc(C)ccc1C. The normalized spacial score (nSPS) is 10.2. The third kappa shape index (κ3) is 4.32. The number of hydrogen-bond acceptors (Lipinski definition) is 3. The first-order valence-corrected chi connectivity index (χ1v) is 6.22. The number of ketones is 1. The van der Waals surface area contributed by atoms with Gasteiger partial charge in [-0.3, -0.25) is 9.59 Å². The first kappa shape index (κ1) is 14.4. The number of hydrogen-bond donors (Lipinski definition) is 0. The summed E-state index contributed by atoms with van der Waals surface area (Å²) in [5.41, 5.74) is 2.91. The lowest BCUT2D eigenvalue weighted by Crippen LogP contribution is -2.04. The van der Waals surface area contributed by atoms with E-state index in [-0.39, 0.29) is 11.8 Å². The van der Waals surface area contributed by atoms with E-state index in [2.05, 4.69) is 4.74 Å². The average molecular weight is 248 g/mol. The molecule has 1 aromatic rings. The van der Waals surface area contributed by atoms with Crippen molar-refractivity contribution in [2.45, 2.75) is 39.5 Å². The second-order valence-corrected chi connectivity index (χ2v) is 4.52. The number of methoxy groups -OCH3 is 1. The second-order valence-electron chi connectivity index (χ2n) is 4.52. The Morgan fingerprint density at radius 3 is 2.44 bits per heavy atom. The Morgan fingerprint density at radius 2 is 1.78 bits per heavy atom. The Morgan fingerprint density at radius 1 is 1.11 bits per heavy atom. The molecule has 0 radical (unpaired) electrons. The van der Waals surface area contributed by atoms with Gasteiger partial charge >= 0.3 is 5.97 Å². The zero-order valence-electron chi connectivity index (χ0n) is 11.3. The van der Waals surface area contributed by atoms with Crippen LogP contribution in [0.2, 0.25) is 0 Å². The Balaban J connectivity index is 2.46. The van der Waals surface area contributed by atoms with Crippen LogP contribution in [0.3, 0.4) is 0 Å². The molecule has 0 aliphatic carbocycles. The Hall–Kier alpha value is -1.64. The van der Waals surface area contributed by atoms with E-state index >= 15 is 0 Å². The molecule has 0 amide bonds. The molecule has 0 aromatic heterocycles. The van der Waals surface area contributed by atoms with E-state index in [0.29, 0.717) is 19.3 Å². The highest BCUT2D eigenvalue weighted by Crippen LogP contribution is 2.14. The van der Waals surface area contributed by atoms with Gasteiger partial charge in [0.1, 0.15) is 0 Å². The highest BCUT2D eigenvalue weighted by Gasteiger charge is 2.09. The minimum Gasteiger partial charge on any atom is -0.469 e. The van der Waals surface area contributed by atoms with Crippen molar-refractivity contribution in [3.8, 4) is 0 Å². The lowest BCUT2D eigenvalue weighted by atomic mass is 9.98. The number of benzene rings is 1. The van der Waals surface area contributed by atoms with Crippen molar-refractivity contribution in [1.29, 1.82) is 0 Å². The molecule has 0 atom stereocenters. The van der Waals surface area contributed by atoms with Crippen LogP contribution in [0, 0.1) is 13.8 Å². The van der Waals surface area contributed by atoms with Gasteiger partial charge < -0.3 is 4.74 Å². The van der Waals surface area contributed by atoms with Crippen LogP contribution < -0.4 is 0 Å². The van der Waals surface area contributed by atoms with Crippen molar-refractivity contribution >= 4 is 11.8 Å². The third-order valence-corrected chi connectivity index (χ3v) is 2.96. The lowest BCUT2D eigenvalue weighted by molar-refractivity contribution is -0.140. The number of aryl methyl sites for hydroxylation is 2. The Bertz CT molecular complexity index is 435. The van der Waals surface area contributed by atoms with Crippen molar-refractivity contribution < 1.29 is 14.3 Å². The number of unbranched alkanes of at least 4 members (excludes halogenated alkanes) is 1. The quantitative estimate of drug-likeness (QED) is 0.441. The van der Waals surface area contributed by atoms with Crippen LogP contribution >= 0.6 is 0 Å². The molecule has 0 spiro atoms. The van der Waals surface area contributed by atoms with Crippen molar-refractivity contribution in [2.75, 3.05) is 7.11 Å². The standard InChI is InChI=1S/C15H20O3/c1-11-8-9-12(2)13(10-11)14(16)6-4-5-7-15(17)18-3/h8-10H,4-7H2,1-3H3. The molecule has 1 aromatic carbocycles. The Labute approximate surface area is 108 Å². The maximum atomic E-state index is 12.0. The summed E-state index contributed by atoms with van der Waals surface area (Å²) < 4.78 is 4.55. The largest absolute Gasteiger partial charge is 0.469 e. The molecule has 18 heavy (non-hydrogen) atoms. The van der Waals surface area contributed by atoms with Crippen LogP contribution in [-0.2, 0) is 9.53 Å². The van der Waals surface area contributed by atoms with Gasteiger partial charge in [-0.2, -0.15) is 0 Å². The molecule has 1 rings (SSSR count). The molecule has 0 bridgehead atoms. The highest BCUT2D eigenvalue weighted by atomic mass is 16.5. The van der Waals surface area contributed by atoms with Gasteiger partial charge in [-0.1, -0.05) is 17.7 Å². The van der Waals surface area contributed by atoms with Gasteiger partial charge in [0.15, 0.2) is 5.78 Å². The van der Waals surface area contributed by atoms with Gasteiger partial charge in [-0.05, 0) is 38.3 Å². The number of carbonyl (C=O) groups is 2. The monoisotopic (exact) mass is 248 g/mol. The summed E-state index contributed by atoms with van der Waals surface area (Å²) in [4.78, 5) is 22.9. The van der Waals surface area contributed by atoms with Crippen LogP contribution in [0.25, 0.3) is 0 Å². The molecule has 0 saturated carbocycles. The second kappa shape index (κ2) is 6.94. The van der Waals surface area contributed by atoms with Crippen molar-refractivity contribution in [1.82, 2.24) is 0 Å². The molecule has 0 saturated heterocycles. The molecule has 0 aliphatic rings. The van der Waals surface area contributed by atoms with Gasteiger partial charge in [-0.25, -0.2) is 0 Å². The fourth-order valence-corrected chi connectivity index (χ4v) is 1.83. The van der Waals surface area contributed by atoms with Crippen LogP contribution in [0.5, 0.6) is 0 Å². The van der Waals surface area contributed by atoms with E-state index in [1.165, 1.54) is 7.11 Å². The maximum Gasteiger partial charge on any atom is 0.305 e. The van der Waals surface area contributed by atoms with E-state index < -0.39 is 0 Å². The van der Waals surface area contributed by atoms with E-state index in [1.807, 2.05) is 32.0 Å². The predicted octanol–water partition coefficient (Wildman–Crippen LogP) is 3.22. The molecule has 0 unspecified atom stereocenters. The number of ether oxygens (including phenoxy) is 1. The Kier molecular flexibility index (Phi) is 5.56. The summed E-state index contributed by atoms with van der Waals surface area (Å²) in [5.74, 6) is -0.0600. The molecule has 3 heteroatoms. The van der Waals surface area contributed by atoms with Gasteiger partial charge in [0.05, 0.1) is 7.11 Å². The molecule has 0 fully saturated rings. The van der Waals surface area contributed by atoms with E-state index in [4.69, 9.17) is 0 Å². The third-order valence-electron chi connectivity index (χ3n) is 2.96. The molecule has 3 nitrogen and oxygen atoms in total. The molecule has 0 N–H and O–H groups in total. The van der Waals surface area contributed by atoms with Crippen molar-refractivity contribution in [2.24, 2.45) is 0 Å². The summed E-state index contributed by atoms with van der Waals surface area (Å²) in [5, 5.41) is 0. The molecule has 98 valence electrons. The molecule has 0 heterocycles. The zero-order valence-corrected chi connectivity index (χ0v) is 11.3. The van der Waals surface area contributed by atoms with E-state index in [9.17, 15) is 9.59 Å². The minimum atomic E-state index is -0.214. The summed E-state index contributed by atoms with van der Waals surface area (Å²) in [7, 11) is 1.38. The molecule has 0 aliphatic heterocycles. The topological polar surface area (TPSA) is 43.4 Å². The summed E-state index contributed by atoms with van der Waals surface area (Å²) in [6.07, 6.45) is 2.29. The van der Waals surface area contributed by atoms with Gasteiger partial charge in [0, 0.05) is 18.4 Å². The fraction of sp³-hybridized carbons (Fsp3) is 0.467. The molecular weight excluding hydrogens is 228 g/mol. The smallest absolute Gasteiger partial charge is 0.305 e.